The molecule has 0 aliphatic carbocycles. The first kappa shape index (κ1) is 17.9. The van der Waals surface area contributed by atoms with Crippen LogP contribution in [0.2, 0.25) is 0 Å². The third-order valence-electron chi connectivity index (χ3n) is 3.83. The van der Waals surface area contributed by atoms with Crippen molar-refractivity contribution in [2.45, 2.75) is 39.2 Å². The quantitative estimate of drug-likeness (QED) is 0.926. The molecule has 0 radical (unpaired) electrons. The summed E-state index contributed by atoms with van der Waals surface area (Å²) in [4.78, 5) is 14.5. The molecule has 1 aliphatic heterocycles. The Morgan fingerprint density at radius 2 is 2.05 bits per heavy atom. The molecular formula is C16H24ClFN2O. The van der Waals surface area contributed by atoms with Gasteiger partial charge in [-0.15, -0.1) is 12.4 Å². The number of piperidine rings is 1. The summed E-state index contributed by atoms with van der Waals surface area (Å²) >= 11 is 0. The van der Waals surface area contributed by atoms with Crippen LogP contribution in [0.25, 0.3) is 0 Å². The molecule has 0 saturated carbocycles. The fraction of sp³-hybridized carbons (Fsp3) is 0.562. The Morgan fingerprint density at radius 3 is 2.67 bits per heavy atom. The molecule has 0 unspecified atom stereocenters. The van der Waals surface area contributed by atoms with Crippen LogP contribution in [0.5, 0.6) is 0 Å². The molecular weight excluding hydrogens is 291 g/mol. The third-order valence-corrected chi connectivity index (χ3v) is 3.83. The largest absolute Gasteiger partial charge is 0.335 e. The number of amides is 1. The van der Waals surface area contributed by atoms with E-state index in [-0.39, 0.29) is 29.9 Å². The minimum absolute atomic E-state index is 0. The highest BCUT2D eigenvalue weighted by Crippen LogP contribution is 2.19. The lowest BCUT2D eigenvalue weighted by molar-refractivity contribution is 0.0638. The zero-order chi connectivity index (χ0) is 14.5. The number of nitrogens with zero attached hydrogens (tertiary/aromatic N) is 1. The van der Waals surface area contributed by atoms with Crippen LogP contribution in [0.15, 0.2) is 18.2 Å². The molecule has 2 rings (SSSR count). The molecule has 0 atom stereocenters. The van der Waals surface area contributed by atoms with Gasteiger partial charge >= 0.3 is 0 Å². The van der Waals surface area contributed by atoms with Crippen LogP contribution >= 0.6 is 12.4 Å². The van der Waals surface area contributed by atoms with E-state index in [9.17, 15) is 9.18 Å². The van der Waals surface area contributed by atoms with Gasteiger partial charge in [0.1, 0.15) is 5.82 Å². The summed E-state index contributed by atoms with van der Waals surface area (Å²) in [6, 6.07) is 4.96. The summed E-state index contributed by atoms with van der Waals surface area (Å²) in [5.41, 5.74) is 1.12. The summed E-state index contributed by atoms with van der Waals surface area (Å²) in [7, 11) is 0. The first-order valence-electron chi connectivity index (χ1n) is 7.41. The topological polar surface area (TPSA) is 32.3 Å². The zero-order valence-corrected chi connectivity index (χ0v) is 13.5. The lowest BCUT2D eigenvalue weighted by Crippen LogP contribution is -2.46. The summed E-state index contributed by atoms with van der Waals surface area (Å²) in [6.07, 6.45) is 2.78. The average Bonchev–Trinajstić information content (AvgIpc) is 2.47. The number of aryl methyl sites for hydroxylation is 1. The van der Waals surface area contributed by atoms with E-state index >= 15 is 0 Å². The Hall–Kier alpha value is -1.13. The van der Waals surface area contributed by atoms with E-state index in [1.165, 1.54) is 6.07 Å². The molecule has 1 aliphatic rings. The first-order valence-corrected chi connectivity index (χ1v) is 7.41. The second-order valence-electron chi connectivity index (χ2n) is 5.46. The Morgan fingerprint density at radius 1 is 1.38 bits per heavy atom. The standard InChI is InChI=1S/C16H23FN2O.ClH/c1-3-10-19(13-6-8-18-9-7-13)16(20)14-11-12(2)4-5-15(14)17;/h4-5,11,13,18H,3,6-10H2,1-2H3;1H. The summed E-state index contributed by atoms with van der Waals surface area (Å²) < 4.78 is 13.9. The van der Waals surface area contributed by atoms with Gasteiger partial charge in [-0.3, -0.25) is 4.79 Å². The van der Waals surface area contributed by atoms with Gasteiger partial charge in [0.25, 0.3) is 5.91 Å². The number of benzene rings is 1. The third kappa shape index (κ3) is 4.42. The van der Waals surface area contributed by atoms with Crippen LogP contribution in [0, 0.1) is 12.7 Å². The zero-order valence-electron chi connectivity index (χ0n) is 12.7. The minimum Gasteiger partial charge on any atom is -0.335 e. The van der Waals surface area contributed by atoms with Crippen molar-refractivity contribution in [1.29, 1.82) is 0 Å². The molecule has 1 amide bonds. The molecule has 1 fully saturated rings. The summed E-state index contributed by atoms with van der Waals surface area (Å²) in [5, 5.41) is 3.30. The fourth-order valence-corrected chi connectivity index (χ4v) is 2.77. The number of nitrogens with one attached hydrogen (secondary N) is 1. The molecule has 21 heavy (non-hydrogen) atoms. The predicted molar refractivity (Wildman–Crippen MR) is 85.6 cm³/mol. The fourth-order valence-electron chi connectivity index (χ4n) is 2.77. The van der Waals surface area contributed by atoms with Crippen molar-refractivity contribution in [1.82, 2.24) is 10.2 Å². The predicted octanol–water partition coefficient (Wildman–Crippen LogP) is 3.16. The number of rotatable bonds is 4. The average molecular weight is 315 g/mol. The Labute approximate surface area is 132 Å². The van der Waals surface area contributed by atoms with Gasteiger partial charge in [0.15, 0.2) is 0 Å². The Balaban J connectivity index is 0.00000220. The van der Waals surface area contributed by atoms with Crippen molar-refractivity contribution < 1.29 is 9.18 Å². The maximum atomic E-state index is 13.9. The summed E-state index contributed by atoms with van der Waals surface area (Å²) in [6.45, 7) is 6.47. The Bertz CT molecular complexity index is 475. The molecule has 5 heteroatoms. The second-order valence-corrected chi connectivity index (χ2v) is 5.46. The van der Waals surface area contributed by atoms with Crippen LogP contribution in [0.4, 0.5) is 4.39 Å². The lowest BCUT2D eigenvalue weighted by Gasteiger charge is -2.34. The van der Waals surface area contributed by atoms with Crippen LogP contribution in [-0.2, 0) is 0 Å². The van der Waals surface area contributed by atoms with E-state index in [0.717, 1.165) is 37.9 Å². The first-order chi connectivity index (χ1) is 9.63. The second kappa shape index (κ2) is 8.35. The van der Waals surface area contributed by atoms with E-state index in [2.05, 4.69) is 5.32 Å². The SMILES string of the molecule is CCCN(C(=O)c1cc(C)ccc1F)C1CCNCC1.Cl. The van der Waals surface area contributed by atoms with Crippen molar-refractivity contribution in [3.05, 3.63) is 35.1 Å². The minimum atomic E-state index is -0.421. The maximum absolute atomic E-state index is 13.9. The summed E-state index contributed by atoms with van der Waals surface area (Å²) in [5.74, 6) is -0.587. The van der Waals surface area contributed by atoms with Crippen LogP contribution in [0.3, 0.4) is 0 Å². The van der Waals surface area contributed by atoms with Gasteiger partial charge in [-0.1, -0.05) is 18.6 Å². The van der Waals surface area contributed by atoms with Crippen molar-refractivity contribution in [2.75, 3.05) is 19.6 Å². The molecule has 1 saturated heterocycles. The van der Waals surface area contributed by atoms with Crippen molar-refractivity contribution in [3.8, 4) is 0 Å². The van der Waals surface area contributed by atoms with E-state index in [0.29, 0.717) is 6.54 Å². The molecule has 1 aromatic rings. The van der Waals surface area contributed by atoms with Crippen molar-refractivity contribution in [3.63, 3.8) is 0 Å². The molecule has 3 nitrogen and oxygen atoms in total. The molecule has 118 valence electrons. The lowest BCUT2D eigenvalue weighted by atomic mass is 10.0. The van der Waals surface area contributed by atoms with E-state index in [4.69, 9.17) is 0 Å². The van der Waals surface area contributed by atoms with Gasteiger partial charge in [0.2, 0.25) is 0 Å². The number of carbonyl (C=O) groups is 1. The van der Waals surface area contributed by atoms with Gasteiger partial charge in [-0.05, 0) is 51.4 Å². The maximum Gasteiger partial charge on any atom is 0.257 e. The molecule has 0 bridgehead atoms. The van der Waals surface area contributed by atoms with Crippen LogP contribution in [0.1, 0.15) is 42.1 Å². The monoisotopic (exact) mass is 314 g/mol. The van der Waals surface area contributed by atoms with E-state index in [1.54, 1.807) is 12.1 Å². The Kier molecular flexibility index (Phi) is 7.12. The highest BCUT2D eigenvalue weighted by Gasteiger charge is 2.27. The van der Waals surface area contributed by atoms with Gasteiger partial charge in [0.05, 0.1) is 5.56 Å². The van der Waals surface area contributed by atoms with Crippen LogP contribution < -0.4 is 5.32 Å². The molecule has 0 spiro atoms. The number of halogens is 2. The van der Waals surface area contributed by atoms with Gasteiger partial charge < -0.3 is 10.2 Å². The van der Waals surface area contributed by atoms with Crippen LogP contribution in [-0.4, -0.2) is 36.5 Å². The van der Waals surface area contributed by atoms with E-state index in [1.807, 2.05) is 18.7 Å². The highest BCUT2D eigenvalue weighted by atomic mass is 35.5. The molecule has 1 aromatic carbocycles. The van der Waals surface area contributed by atoms with E-state index < -0.39 is 5.82 Å². The van der Waals surface area contributed by atoms with Gasteiger partial charge in [-0.2, -0.15) is 0 Å². The smallest absolute Gasteiger partial charge is 0.257 e. The number of hydrogen-bond donors (Lipinski definition) is 1. The van der Waals surface area contributed by atoms with Crippen molar-refractivity contribution in [2.24, 2.45) is 0 Å². The molecule has 1 heterocycles. The molecule has 1 N–H and O–H groups in total. The molecule has 0 aromatic heterocycles. The van der Waals surface area contributed by atoms with Crippen molar-refractivity contribution >= 4 is 18.3 Å². The number of hydrogen-bond acceptors (Lipinski definition) is 2. The van der Waals surface area contributed by atoms with Gasteiger partial charge in [-0.25, -0.2) is 4.39 Å². The normalized spacial score (nSPS) is 15.4. The number of carbonyl (C=O) groups excluding carboxylic acids is 1. The van der Waals surface area contributed by atoms with Gasteiger partial charge in [0, 0.05) is 12.6 Å². The highest BCUT2D eigenvalue weighted by molar-refractivity contribution is 5.95.